The monoisotopic (exact) mass is 341 g/mol. The average molecular weight is 341 g/mol. The minimum atomic E-state index is -0.508. The van der Waals surface area contributed by atoms with Crippen LogP contribution < -0.4 is 5.56 Å². The number of hydrogen-bond donors (Lipinski definition) is 0. The van der Waals surface area contributed by atoms with Crippen LogP contribution in [0.1, 0.15) is 22.0 Å². The van der Waals surface area contributed by atoms with E-state index in [0.29, 0.717) is 17.0 Å². The molecule has 0 atom stereocenters. The Bertz CT molecular complexity index is 988. The molecule has 0 amide bonds. The smallest absolute Gasteiger partial charge is 0.331 e. The highest BCUT2D eigenvalue weighted by Gasteiger charge is 2.05. The Morgan fingerprint density at radius 3 is 2.92 bits per heavy atom. The SMILES string of the molecule is Cc1ccc2nc(COC(=O)/C=C/c3csc(C)n3)cc(=O)n2c1. The molecule has 0 fully saturated rings. The summed E-state index contributed by atoms with van der Waals surface area (Å²) in [5, 5.41) is 2.78. The van der Waals surface area contributed by atoms with Gasteiger partial charge < -0.3 is 4.74 Å². The number of carbonyl (C=O) groups excluding carboxylic acids is 1. The number of nitrogens with zero attached hydrogens (tertiary/aromatic N) is 3. The number of rotatable bonds is 4. The van der Waals surface area contributed by atoms with E-state index < -0.39 is 5.97 Å². The standard InChI is InChI=1S/C17H15N3O3S/c1-11-3-5-15-19-14(7-16(21)20(15)8-11)9-23-17(22)6-4-13-10-24-12(2)18-13/h3-8,10H,9H2,1-2H3/b6-4+. The molecule has 3 aromatic heterocycles. The van der Waals surface area contributed by atoms with Gasteiger partial charge in [0.15, 0.2) is 0 Å². The molecular formula is C17H15N3O3S. The first-order valence-corrected chi connectivity index (χ1v) is 8.15. The predicted octanol–water partition coefficient (Wildman–Crippen LogP) is 2.52. The van der Waals surface area contributed by atoms with E-state index in [-0.39, 0.29) is 12.2 Å². The lowest BCUT2D eigenvalue weighted by atomic mass is 10.3. The number of fused-ring (bicyclic) bond motifs is 1. The molecule has 3 aromatic rings. The van der Waals surface area contributed by atoms with Crippen molar-refractivity contribution in [1.82, 2.24) is 14.4 Å². The molecule has 0 spiro atoms. The number of ether oxygens (including phenoxy) is 1. The van der Waals surface area contributed by atoms with Crippen LogP contribution in [0.4, 0.5) is 0 Å². The molecular weight excluding hydrogens is 326 g/mol. The van der Waals surface area contributed by atoms with E-state index >= 15 is 0 Å². The molecule has 0 aromatic carbocycles. The van der Waals surface area contributed by atoms with Gasteiger partial charge in [0, 0.05) is 23.7 Å². The van der Waals surface area contributed by atoms with Crippen LogP contribution in [0, 0.1) is 13.8 Å². The number of carbonyl (C=O) groups is 1. The summed E-state index contributed by atoms with van der Waals surface area (Å²) in [5.74, 6) is -0.508. The first-order chi connectivity index (χ1) is 11.5. The van der Waals surface area contributed by atoms with Crippen molar-refractivity contribution in [3.05, 3.63) is 68.2 Å². The Balaban J connectivity index is 1.69. The molecule has 6 nitrogen and oxygen atoms in total. The second kappa shape index (κ2) is 6.76. The molecule has 0 saturated heterocycles. The van der Waals surface area contributed by atoms with E-state index in [4.69, 9.17) is 4.74 Å². The summed E-state index contributed by atoms with van der Waals surface area (Å²) in [6, 6.07) is 5.00. The van der Waals surface area contributed by atoms with E-state index in [9.17, 15) is 9.59 Å². The maximum absolute atomic E-state index is 12.1. The normalized spacial score (nSPS) is 11.2. The minimum Gasteiger partial charge on any atom is -0.456 e. The van der Waals surface area contributed by atoms with Gasteiger partial charge in [-0.2, -0.15) is 0 Å². The number of aryl methyl sites for hydroxylation is 2. The average Bonchev–Trinajstić information content (AvgIpc) is 2.97. The lowest BCUT2D eigenvalue weighted by Gasteiger charge is -2.05. The number of hydrogen-bond acceptors (Lipinski definition) is 6. The Kier molecular flexibility index (Phi) is 4.52. The zero-order valence-corrected chi connectivity index (χ0v) is 14.0. The summed E-state index contributed by atoms with van der Waals surface area (Å²) in [7, 11) is 0. The molecule has 7 heteroatoms. The number of esters is 1. The summed E-state index contributed by atoms with van der Waals surface area (Å²) in [6.45, 7) is 3.74. The number of thiazole rings is 1. The van der Waals surface area contributed by atoms with Crippen molar-refractivity contribution in [2.45, 2.75) is 20.5 Å². The van der Waals surface area contributed by atoms with Gasteiger partial charge in [-0.25, -0.2) is 14.8 Å². The van der Waals surface area contributed by atoms with Crippen molar-refractivity contribution in [3.63, 3.8) is 0 Å². The molecule has 0 radical (unpaired) electrons. The van der Waals surface area contributed by atoms with Gasteiger partial charge in [-0.3, -0.25) is 9.20 Å². The summed E-state index contributed by atoms with van der Waals surface area (Å²) >= 11 is 1.51. The van der Waals surface area contributed by atoms with Gasteiger partial charge in [0.25, 0.3) is 5.56 Å². The van der Waals surface area contributed by atoms with Crippen molar-refractivity contribution >= 4 is 29.0 Å². The van der Waals surface area contributed by atoms with Crippen molar-refractivity contribution in [2.24, 2.45) is 0 Å². The first kappa shape index (κ1) is 16.1. The zero-order valence-electron chi connectivity index (χ0n) is 13.2. The molecule has 0 aliphatic rings. The van der Waals surface area contributed by atoms with Crippen LogP contribution in [-0.2, 0) is 16.1 Å². The third kappa shape index (κ3) is 3.75. The van der Waals surface area contributed by atoms with Gasteiger partial charge in [-0.1, -0.05) is 6.07 Å². The number of pyridine rings is 1. The molecule has 0 aliphatic carbocycles. The van der Waals surface area contributed by atoms with E-state index in [0.717, 1.165) is 10.6 Å². The van der Waals surface area contributed by atoms with E-state index in [1.54, 1.807) is 18.3 Å². The highest BCUT2D eigenvalue weighted by atomic mass is 32.1. The third-order valence-corrected chi connectivity index (χ3v) is 4.04. The second-order valence-corrected chi connectivity index (χ2v) is 6.32. The summed E-state index contributed by atoms with van der Waals surface area (Å²) in [5.41, 5.74) is 2.41. The van der Waals surface area contributed by atoms with Crippen molar-refractivity contribution in [3.8, 4) is 0 Å². The Morgan fingerprint density at radius 1 is 1.33 bits per heavy atom. The van der Waals surface area contributed by atoms with E-state index in [1.807, 2.05) is 25.3 Å². The fourth-order valence-corrected chi connectivity index (χ4v) is 2.72. The van der Waals surface area contributed by atoms with Crippen LogP contribution >= 0.6 is 11.3 Å². The Hall–Kier alpha value is -2.80. The van der Waals surface area contributed by atoms with Crippen LogP contribution in [0.5, 0.6) is 0 Å². The van der Waals surface area contributed by atoms with E-state index in [2.05, 4.69) is 9.97 Å². The fourth-order valence-electron chi connectivity index (χ4n) is 2.14. The predicted molar refractivity (Wildman–Crippen MR) is 91.9 cm³/mol. The van der Waals surface area contributed by atoms with Crippen LogP contribution in [0.2, 0.25) is 0 Å². The van der Waals surface area contributed by atoms with Crippen molar-refractivity contribution < 1.29 is 9.53 Å². The summed E-state index contributed by atoms with van der Waals surface area (Å²) < 4.78 is 6.59. The molecule has 0 aliphatic heterocycles. The van der Waals surface area contributed by atoms with Gasteiger partial charge in [0.2, 0.25) is 0 Å². The Labute approximate surface area is 142 Å². The van der Waals surface area contributed by atoms with Gasteiger partial charge in [0.1, 0.15) is 12.3 Å². The first-order valence-electron chi connectivity index (χ1n) is 7.27. The molecule has 3 heterocycles. The maximum atomic E-state index is 12.1. The van der Waals surface area contributed by atoms with Crippen molar-refractivity contribution in [2.75, 3.05) is 0 Å². The number of aromatic nitrogens is 3. The minimum absolute atomic E-state index is 0.0567. The molecule has 0 N–H and O–H groups in total. The maximum Gasteiger partial charge on any atom is 0.331 e. The van der Waals surface area contributed by atoms with Crippen molar-refractivity contribution in [1.29, 1.82) is 0 Å². The molecule has 0 bridgehead atoms. The van der Waals surface area contributed by atoms with Crippen LogP contribution in [-0.4, -0.2) is 20.3 Å². The lowest BCUT2D eigenvalue weighted by molar-refractivity contribution is -0.139. The highest BCUT2D eigenvalue weighted by Crippen LogP contribution is 2.09. The summed E-state index contributed by atoms with van der Waals surface area (Å²) in [6.07, 6.45) is 4.63. The highest BCUT2D eigenvalue weighted by molar-refractivity contribution is 7.09. The van der Waals surface area contributed by atoms with Crippen LogP contribution in [0.3, 0.4) is 0 Å². The fraction of sp³-hybridized carbons (Fsp3) is 0.176. The molecule has 0 saturated carbocycles. The topological polar surface area (TPSA) is 73.6 Å². The van der Waals surface area contributed by atoms with Crippen LogP contribution in [0.25, 0.3) is 11.7 Å². The van der Waals surface area contributed by atoms with Gasteiger partial charge in [-0.15, -0.1) is 11.3 Å². The van der Waals surface area contributed by atoms with E-state index in [1.165, 1.54) is 27.9 Å². The quantitative estimate of drug-likeness (QED) is 0.538. The zero-order chi connectivity index (χ0) is 17.1. The molecule has 3 rings (SSSR count). The summed E-state index contributed by atoms with van der Waals surface area (Å²) in [4.78, 5) is 32.4. The second-order valence-electron chi connectivity index (χ2n) is 5.25. The Morgan fingerprint density at radius 2 is 2.17 bits per heavy atom. The largest absolute Gasteiger partial charge is 0.456 e. The lowest BCUT2D eigenvalue weighted by Crippen LogP contribution is -2.16. The third-order valence-electron chi connectivity index (χ3n) is 3.25. The van der Waals surface area contributed by atoms with Gasteiger partial charge in [0.05, 0.1) is 16.4 Å². The molecule has 0 unspecified atom stereocenters. The molecule has 24 heavy (non-hydrogen) atoms. The van der Waals surface area contributed by atoms with Gasteiger partial charge in [-0.05, 0) is 31.6 Å². The van der Waals surface area contributed by atoms with Gasteiger partial charge >= 0.3 is 5.97 Å². The van der Waals surface area contributed by atoms with Crippen LogP contribution in [0.15, 0.2) is 40.6 Å². The molecule has 122 valence electrons.